The van der Waals surface area contributed by atoms with Gasteiger partial charge >= 0.3 is 6.03 Å². The summed E-state index contributed by atoms with van der Waals surface area (Å²) in [6.07, 6.45) is 0.128. The molecule has 0 fully saturated rings. The van der Waals surface area contributed by atoms with E-state index in [9.17, 15) is 4.79 Å². The van der Waals surface area contributed by atoms with E-state index < -0.39 is 6.03 Å². The van der Waals surface area contributed by atoms with Gasteiger partial charge in [0, 0.05) is 6.54 Å². The van der Waals surface area contributed by atoms with Crippen molar-refractivity contribution in [2.24, 2.45) is 5.73 Å². The Bertz CT molecular complexity index is 126. The Kier molecular flexibility index (Phi) is 4.61. The van der Waals surface area contributed by atoms with Gasteiger partial charge in [0.1, 0.15) is 6.73 Å². The molecule has 4 nitrogen and oxygen atoms in total. The molecule has 0 rings (SSSR count). The van der Waals surface area contributed by atoms with E-state index >= 15 is 0 Å². The average Bonchev–Trinajstić information content (AvgIpc) is 1.87. The molecule has 11 heavy (non-hydrogen) atoms. The van der Waals surface area contributed by atoms with Crippen molar-refractivity contribution in [2.75, 3.05) is 13.3 Å². The van der Waals surface area contributed by atoms with Crippen molar-refractivity contribution < 1.29 is 9.53 Å². The third kappa shape index (κ3) is 4.61. The Morgan fingerprint density at radius 1 is 1.64 bits per heavy atom. The maximum Gasteiger partial charge on any atom is 0.316 e. The number of carbonyl (C=O) groups excluding carboxylic acids is 1. The first-order chi connectivity index (χ1) is 5.07. The zero-order valence-corrected chi connectivity index (χ0v) is 7.33. The molecule has 0 atom stereocenters. The van der Waals surface area contributed by atoms with Crippen LogP contribution in [0, 0.1) is 0 Å². The summed E-state index contributed by atoms with van der Waals surface area (Å²) in [5.41, 5.74) is 5.04. The molecule has 2 N–H and O–H groups in total. The number of hydrogen-bond donors (Lipinski definition) is 1. The summed E-state index contributed by atoms with van der Waals surface area (Å²) in [5.74, 6) is 0. The number of hydrogen-bond acceptors (Lipinski definition) is 2. The number of rotatable bonds is 4. The van der Waals surface area contributed by atoms with Crippen LogP contribution >= 0.6 is 0 Å². The lowest BCUT2D eigenvalue weighted by atomic mass is 10.5. The highest BCUT2D eigenvalue weighted by Crippen LogP contribution is 1.92. The molecule has 0 aliphatic heterocycles. The van der Waals surface area contributed by atoms with Gasteiger partial charge < -0.3 is 15.4 Å². The third-order valence-corrected chi connectivity index (χ3v) is 1.26. The SMILES string of the molecule is CCN(COC(C)C)C(N)=O. The largest absolute Gasteiger partial charge is 0.358 e. The summed E-state index contributed by atoms with van der Waals surface area (Å²) in [6, 6.07) is -0.437. The van der Waals surface area contributed by atoms with Gasteiger partial charge in [0.05, 0.1) is 6.10 Å². The van der Waals surface area contributed by atoms with E-state index in [4.69, 9.17) is 10.5 Å². The van der Waals surface area contributed by atoms with E-state index in [0.29, 0.717) is 6.54 Å². The maximum atomic E-state index is 10.6. The van der Waals surface area contributed by atoms with Crippen LogP contribution in [0.3, 0.4) is 0 Å². The van der Waals surface area contributed by atoms with Crippen LogP contribution in [0.1, 0.15) is 20.8 Å². The summed E-state index contributed by atoms with van der Waals surface area (Å²) in [7, 11) is 0. The zero-order chi connectivity index (χ0) is 8.85. The minimum Gasteiger partial charge on any atom is -0.358 e. The Morgan fingerprint density at radius 2 is 2.18 bits per heavy atom. The van der Waals surface area contributed by atoms with Crippen molar-refractivity contribution in [3.63, 3.8) is 0 Å². The monoisotopic (exact) mass is 160 g/mol. The van der Waals surface area contributed by atoms with Crippen molar-refractivity contribution in [3.05, 3.63) is 0 Å². The van der Waals surface area contributed by atoms with Crippen molar-refractivity contribution >= 4 is 6.03 Å². The molecule has 0 saturated carbocycles. The van der Waals surface area contributed by atoms with Gasteiger partial charge in [-0.1, -0.05) is 0 Å². The number of urea groups is 1. The van der Waals surface area contributed by atoms with Crippen molar-refractivity contribution in [1.29, 1.82) is 0 Å². The van der Waals surface area contributed by atoms with Crippen LogP contribution in [-0.4, -0.2) is 30.3 Å². The first kappa shape index (κ1) is 10.2. The molecule has 66 valence electrons. The zero-order valence-electron chi connectivity index (χ0n) is 7.33. The second-order valence-corrected chi connectivity index (χ2v) is 2.54. The number of ether oxygens (including phenoxy) is 1. The van der Waals surface area contributed by atoms with Crippen LogP contribution in [0.4, 0.5) is 4.79 Å². The van der Waals surface area contributed by atoms with Crippen molar-refractivity contribution in [2.45, 2.75) is 26.9 Å². The van der Waals surface area contributed by atoms with E-state index in [1.54, 1.807) is 0 Å². The molecule has 0 saturated heterocycles. The first-order valence-electron chi connectivity index (χ1n) is 3.74. The van der Waals surface area contributed by atoms with Gasteiger partial charge in [-0.2, -0.15) is 0 Å². The molecule has 0 aromatic carbocycles. The average molecular weight is 160 g/mol. The van der Waals surface area contributed by atoms with Gasteiger partial charge in [0.15, 0.2) is 0 Å². The number of amides is 2. The maximum absolute atomic E-state index is 10.6. The lowest BCUT2D eigenvalue weighted by Gasteiger charge is -2.19. The highest BCUT2D eigenvalue weighted by molar-refractivity contribution is 5.71. The summed E-state index contributed by atoms with van der Waals surface area (Å²) in [5, 5.41) is 0. The van der Waals surface area contributed by atoms with E-state index in [0.717, 1.165) is 0 Å². The van der Waals surface area contributed by atoms with Crippen molar-refractivity contribution in [1.82, 2.24) is 4.90 Å². The van der Waals surface area contributed by atoms with Crippen LogP contribution in [0.2, 0.25) is 0 Å². The topological polar surface area (TPSA) is 55.6 Å². The van der Waals surface area contributed by atoms with E-state index in [1.807, 2.05) is 20.8 Å². The smallest absolute Gasteiger partial charge is 0.316 e. The minimum atomic E-state index is -0.437. The fourth-order valence-electron chi connectivity index (χ4n) is 0.550. The first-order valence-corrected chi connectivity index (χ1v) is 3.74. The summed E-state index contributed by atoms with van der Waals surface area (Å²) in [6.45, 7) is 6.55. The molecule has 0 unspecified atom stereocenters. The van der Waals surface area contributed by atoms with Gasteiger partial charge in [-0.3, -0.25) is 0 Å². The standard InChI is InChI=1S/C7H16N2O2/c1-4-9(7(8)10)5-11-6(2)3/h6H,4-5H2,1-3H3,(H2,8,10). The molecule has 0 spiro atoms. The second kappa shape index (κ2) is 4.96. The predicted octanol–water partition coefficient (Wildman–Crippen LogP) is 0.770. The Morgan fingerprint density at radius 3 is 2.45 bits per heavy atom. The Labute approximate surface area is 67.3 Å². The Balaban J connectivity index is 3.61. The Hall–Kier alpha value is -0.770. The van der Waals surface area contributed by atoms with Gasteiger partial charge in [0.25, 0.3) is 0 Å². The highest BCUT2D eigenvalue weighted by Gasteiger charge is 2.06. The quantitative estimate of drug-likeness (QED) is 0.617. The van der Waals surface area contributed by atoms with Gasteiger partial charge in [-0.05, 0) is 20.8 Å². The molecule has 0 aliphatic rings. The van der Waals surface area contributed by atoms with E-state index in [1.165, 1.54) is 4.90 Å². The van der Waals surface area contributed by atoms with Crippen LogP contribution in [0.15, 0.2) is 0 Å². The summed E-state index contributed by atoms with van der Waals surface area (Å²) < 4.78 is 5.18. The van der Waals surface area contributed by atoms with E-state index in [-0.39, 0.29) is 12.8 Å². The molecule has 0 heterocycles. The number of primary amides is 1. The lowest BCUT2D eigenvalue weighted by molar-refractivity contribution is 0.0144. The molecule has 4 heteroatoms. The van der Waals surface area contributed by atoms with Gasteiger partial charge in [-0.25, -0.2) is 4.79 Å². The lowest BCUT2D eigenvalue weighted by Crippen LogP contribution is -2.37. The van der Waals surface area contributed by atoms with Crippen LogP contribution in [-0.2, 0) is 4.74 Å². The fourth-order valence-corrected chi connectivity index (χ4v) is 0.550. The molecule has 0 bridgehead atoms. The predicted molar refractivity (Wildman–Crippen MR) is 43.1 cm³/mol. The van der Waals surface area contributed by atoms with Crippen LogP contribution < -0.4 is 5.73 Å². The third-order valence-electron chi connectivity index (χ3n) is 1.26. The normalized spacial score (nSPS) is 10.2. The molecular formula is C7H16N2O2. The molecule has 0 aromatic rings. The van der Waals surface area contributed by atoms with Gasteiger partial charge in [-0.15, -0.1) is 0 Å². The molecule has 0 aliphatic carbocycles. The number of nitrogens with zero attached hydrogens (tertiary/aromatic N) is 1. The molecule has 2 amide bonds. The van der Waals surface area contributed by atoms with E-state index in [2.05, 4.69) is 0 Å². The number of carbonyl (C=O) groups is 1. The molecule has 0 radical (unpaired) electrons. The molecular weight excluding hydrogens is 144 g/mol. The fraction of sp³-hybridized carbons (Fsp3) is 0.857. The second-order valence-electron chi connectivity index (χ2n) is 2.54. The molecule has 0 aromatic heterocycles. The highest BCUT2D eigenvalue weighted by atomic mass is 16.5. The van der Waals surface area contributed by atoms with Gasteiger partial charge in [0.2, 0.25) is 0 Å². The summed E-state index contributed by atoms with van der Waals surface area (Å²) in [4.78, 5) is 12.0. The number of nitrogens with two attached hydrogens (primary N) is 1. The van der Waals surface area contributed by atoms with Crippen molar-refractivity contribution in [3.8, 4) is 0 Å². The summed E-state index contributed by atoms with van der Waals surface area (Å²) >= 11 is 0. The van der Waals surface area contributed by atoms with Crippen LogP contribution in [0.25, 0.3) is 0 Å². The minimum absolute atomic E-state index is 0.128. The van der Waals surface area contributed by atoms with Crippen LogP contribution in [0.5, 0.6) is 0 Å².